The molecule has 0 amide bonds. The van der Waals surface area contributed by atoms with Crippen molar-refractivity contribution in [3.05, 3.63) is 12.2 Å². The van der Waals surface area contributed by atoms with Crippen molar-refractivity contribution in [2.24, 2.45) is 17.8 Å². The van der Waals surface area contributed by atoms with Gasteiger partial charge in [0.05, 0.1) is 13.7 Å². The maximum Gasteiger partial charge on any atom is 0.507 e. The first-order valence-corrected chi connectivity index (χ1v) is 5.17. The van der Waals surface area contributed by atoms with Crippen LogP contribution in [-0.4, -0.2) is 19.9 Å². The van der Waals surface area contributed by atoms with E-state index in [0.717, 1.165) is 24.7 Å². The molecule has 3 nitrogen and oxygen atoms in total. The average molecular weight is 196 g/mol. The van der Waals surface area contributed by atoms with Gasteiger partial charge in [-0.2, -0.15) is 0 Å². The van der Waals surface area contributed by atoms with Crippen molar-refractivity contribution < 1.29 is 14.3 Å². The Morgan fingerprint density at radius 3 is 3.07 bits per heavy atom. The van der Waals surface area contributed by atoms with Crippen LogP contribution in [0.25, 0.3) is 0 Å². The highest BCUT2D eigenvalue weighted by Gasteiger charge is 2.35. The lowest BCUT2D eigenvalue weighted by molar-refractivity contribution is 0.0547. The summed E-state index contributed by atoms with van der Waals surface area (Å²) in [6.07, 6.45) is 7.58. The third-order valence-electron chi connectivity index (χ3n) is 3.31. The summed E-state index contributed by atoms with van der Waals surface area (Å²) in [7, 11) is 1.34. The topological polar surface area (TPSA) is 35.5 Å². The molecule has 0 aromatic rings. The molecule has 1 saturated carbocycles. The van der Waals surface area contributed by atoms with Crippen molar-refractivity contribution in [1.29, 1.82) is 0 Å². The summed E-state index contributed by atoms with van der Waals surface area (Å²) in [6.45, 7) is 0.523. The van der Waals surface area contributed by atoms with Crippen LogP contribution < -0.4 is 0 Å². The molecule has 3 atom stereocenters. The van der Waals surface area contributed by atoms with Gasteiger partial charge in [-0.25, -0.2) is 4.79 Å². The number of rotatable bonds is 2. The molecule has 0 N–H and O–H groups in total. The van der Waals surface area contributed by atoms with E-state index in [2.05, 4.69) is 16.9 Å². The molecule has 14 heavy (non-hydrogen) atoms. The van der Waals surface area contributed by atoms with Crippen LogP contribution in [0.15, 0.2) is 12.2 Å². The van der Waals surface area contributed by atoms with Crippen molar-refractivity contribution in [2.75, 3.05) is 13.7 Å². The lowest BCUT2D eigenvalue weighted by Crippen LogP contribution is -2.17. The first kappa shape index (κ1) is 9.56. The van der Waals surface area contributed by atoms with Gasteiger partial charge in [-0.05, 0) is 37.0 Å². The maximum atomic E-state index is 10.8. The number of allylic oxidation sites excluding steroid dienone is 2. The van der Waals surface area contributed by atoms with Crippen molar-refractivity contribution in [3.8, 4) is 0 Å². The molecule has 2 bridgehead atoms. The van der Waals surface area contributed by atoms with Crippen LogP contribution >= 0.6 is 0 Å². The predicted octanol–water partition coefficient (Wildman–Crippen LogP) is 2.37. The van der Waals surface area contributed by atoms with E-state index in [1.54, 1.807) is 0 Å². The van der Waals surface area contributed by atoms with Gasteiger partial charge in [-0.1, -0.05) is 12.2 Å². The van der Waals surface area contributed by atoms with Crippen LogP contribution in [0.2, 0.25) is 0 Å². The summed E-state index contributed by atoms with van der Waals surface area (Å²) in [4.78, 5) is 10.8. The molecular formula is C11H16O3. The quantitative estimate of drug-likeness (QED) is 0.502. The van der Waals surface area contributed by atoms with Gasteiger partial charge >= 0.3 is 6.16 Å². The van der Waals surface area contributed by atoms with Crippen LogP contribution in [0.4, 0.5) is 4.79 Å². The molecule has 0 heterocycles. The Morgan fingerprint density at radius 1 is 1.50 bits per heavy atom. The van der Waals surface area contributed by atoms with Crippen molar-refractivity contribution in [2.45, 2.75) is 19.3 Å². The Balaban J connectivity index is 1.80. The zero-order valence-corrected chi connectivity index (χ0v) is 8.44. The monoisotopic (exact) mass is 196 g/mol. The minimum Gasteiger partial charge on any atom is -0.438 e. The average Bonchev–Trinajstić information content (AvgIpc) is 2.50. The zero-order chi connectivity index (χ0) is 9.97. The van der Waals surface area contributed by atoms with Crippen LogP contribution in [0.3, 0.4) is 0 Å². The Hall–Kier alpha value is -0.990. The molecule has 3 unspecified atom stereocenters. The number of fused-ring (bicyclic) bond motifs is 2. The standard InChI is InChI=1S/C11H16O3/c1-13-11(12)14-7-10-6-8-3-2-4-9(10)5-8/h2-3,8-10H,4-7H2,1H3. The third-order valence-corrected chi connectivity index (χ3v) is 3.31. The van der Waals surface area contributed by atoms with Crippen molar-refractivity contribution in [1.82, 2.24) is 0 Å². The van der Waals surface area contributed by atoms with Gasteiger partial charge in [0.15, 0.2) is 0 Å². The summed E-state index contributed by atoms with van der Waals surface area (Å²) in [5.41, 5.74) is 0. The molecule has 0 aromatic heterocycles. The Bertz CT molecular complexity index is 247. The summed E-state index contributed by atoms with van der Waals surface area (Å²) in [5, 5.41) is 0. The fourth-order valence-corrected chi connectivity index (χ4v) is 2.59. The fraction of sp³-hybridized carbons (Fsp3) is 0.727. The molecule has 0 saturated heterocycles. The van der Waals surface area contributed by atoms with Gasteiger partial charge in [-0.3, -0.25) is 0 Å². The normalized spacial score (nSPS) is 34.2. The minimum absolute atomic E-state index is 0.523. The molecule has 2 aliphatic carbocycles. The van der Waals surface area contributed by atoms with Crippen LogP contribution in [-0.2, 0) is 9.47 Å². The van der Waals surface area contributed by atoms with Gasteiger partial charge in [0.1, 0.15) is 0 Å². The number of ether oxygens (including phenoxy) is 2. The van der Waals surface area contributed by atoms with E-state index < -0.39 is 6.16 Å². The van der Waals surface area contributed by atoms with Crippen molar-refractivity contribution >= 4 is 6.16 Å². The van der Waals surface area contributed by atoms with Gasteiger partial charge in [0, 0.05) is 0 Å². The first-order valence-electron chi connectivity index (χ1n) is 5.17. The molecule has 1 fully saturated rings. The first-order chi connectivity index (χ1) is 6.79. The predicted molar refractivity (Wildman–Crippen MR) is 51.8 cm³/mol. The van der Waals surface area contributed by atoms with E-state index in [1.165, 1.54) is 13.5 Å². The van der Waals surface area contributed by atoms with Gasteiger partial charge in [0.2, 0.25) is 0 Å². The zero-order valence-electron chi connectivity index (χ0n) is 8.44. The fourth-order valence-electron chi connectivity index (χ4n) is 2.59. The van der Waals surface area contributed by atoms with Crippen LogP contribution in [0.5, 0.6) is 0 Å². The number of hydrogen-bond acceptors (Lipinski definition) is 3. The van der Waals surface area contributed by atoms with Crippen LogP contribution in [0.1, 0.15) is 19.3 Å². The molecule has 0 aromatic carbocycles. The number of methoxy groups -OCH3 is 1. The highest BCUT2D eigenvalue weighted by Crippen LogP contribution is 2.42. The van der Waals surface area contributed by atoms with Crippen LogP contribution in [0, 0.1) is 17.8 Å². The van der Waals surface area contributed by atoms with E-state index in [0.29, 0.717) is 12.5 Å². The van der Waals surface area contributed by atoms with E-state index in [9.17, 15) is 4.79 Å². The smallest absolute Gasteiger partial charge is 0.438 e. The number of carbonyl (C=O) groups excluding carboxylic acids is 1. The Labute approximate surface area is 84.1 Å². The summed E-state index contributed by atoms with van der Waals surface area (Å²) < 4.78 is 9.44. The number of hydrogen-bond donors (Lipinski definition) is 0. The van der Waals surface area contributed by atoms with Crippen molar-refractivity contribution in [3.63, 3.8) is 0 Å². The molecule has 0 radical (unpaired) electrons. The molecule has 2 aliphatic rings. The maximum absolute atomic E-state index is 10.8. The highest BCUT2D eigenvalue weighted by atomic mass is 16.7. The van der Waals surface area contributed by atoms with E-state index in [4.69, 9.17) is 4.74 Å². The SMILES string of the molecule is COC(=O)OCC1CC2C=CCC1C2. The highest BCUT2D eigenvalue weighted by molar-refractivity contribution is 5.59. The molecule has 3 heteroatoms. The lowest BCUT2D eigenvalue weighted by atomic mass is 9.92. The Kier molecular flexibility index (Phi) is 2.75. The van der Waals surface area contributed by atoms with Gasteiger partial charge in [-0.15, -0.1) is 0 Å². The lowest BCUT2D eigenvalue weighted by Gasteiger charge is -2.17. The second kappa shape index (κ2) is 4.03. The van der Waals surface area contributed by atoms with Gasteiger partial charge in [0.25, 0.3) is 0 Å². The van der Waals surface area contributed by atoms with E-state index >= 15 is 0 Å². The van der Waals surface area contributed by atoms with E-state index in [1.807, 2.05) is 0 Å². The Morgan fingerprint density at radius 2 is 2.36 bits per heavy atom. The minimum atomic E-state index is -0.556. The molecule has 2 rings (SSSR count). The molecule has 0 spiro atoms. The second-order valence-electron chi connectivity index (χ2n) is 4.18. The molecule has 0 aliphatic heterocycles. The van der Waals surface area contributed by atoms with E-state index in [-0.39, 0.29) is 0 Å². The second-order valence-corrected chi connectivity index (χ2v) is 4.18. The summed E-state index contributed by atoms with van der Waals surface area (Å²) in [5.74, 6) is 1.98. The third kappa shape index (κ3) is 1.91. The summed E-state index contributed by atoms with van der Waals surface area (Å²) >= 11 is 0. The van der Waals surface area contributed by atoms with Gasteiger partial charge < -0.3 is 9.47 Å². The molecular weight excluding hydrogens is 180 g/mol. The largest absolute Gasteiger partial charge is 0.507 e. The number of carbonyl (C=O) groups is 1. The molecule has 78 valence electrons. The summed E-state index contributed by atoms with van der Waals surface area (Å²) in [6, 6.07) is 0.